The number of aromatic nitrogens is 2. The predicted octanol–water partition coefficient (Wildman–Crippen LogP) is 4.15. The Bertz CT molecular complexity index is 735. The first-order chi connectivity index (χ1) is 12.7. The maximum Gasteiger partial charge on any atom is 0.234 e. The zero-order valence-electron chi connectivity index (χ0n) is 15.4. The SMILES string of the molecule is CCc1ccc(NC(=O)CSc2cc(N3CCCC[C@@H]3C)ncn2)cc1. The van der Waals surface area contributed by atoms with E-state index in [-0.39, 0.29) is 5.91 Å². The molecule has 1 N–H and O–H groups in total. The van der Waals surface area contributed by atoms with Crippen molar-refractivity contribution in [2.24, 2.45) is 0 Å². The molecule has 0 saturated carbocycles. The summed E-state index contributed by atoms with van der Waals surface area (Å²) in [6.45, 7) is 5.40. The molecular weight excluding hydrogens is 344 g/mol. The summed E-state index contributed by atoms with van der Waals surface area (Å²) in [7, 11) is 0. The number of hydrogen-bond donors (Lipinski definition) is 1. The lowest BCUT2D eigenvalue weighted by Gasteiger charge is -2.34. The highest BCUT2D eigenvalue weighted by Crippen LogP contribution is 2.25. The Hall–Kier alpha value is -2.08. The van der Waals surface area contributed by atoms with E-state index in [4.69, 9.17) is 0 Å². The Kier molecular flexibility index (Phi) is 6.50. The van der Waals surface area contributed by atoms with Gasteiger partial charge in [-0.25, -0.2) is 9.97 Å². The van der Waals surface area contributed by atoms with E-state index in [1.54, 1.807) is 6.33 Å². The maximum absolute atomic E-state index is 12.2. The zero-order chi connectivity index (χ0) is 18.4. The number of aryl methyl sites for hydroxylation is 1. The first kappa shape index (κ1) is 18.7. The summed E-state index contributed by atoms with van der Waals surface area (Å²) in [5, 5.41) is 3.77. The Labute approximate surface area is 159 Å². The minimum atomic E-state index is -0.0225. The normalized spacial score (nSPS) is 17.2. The van der Waals surface area contributed by atoms with E-state index in [1.165, 1.54) is 36.6 Å². The minimum absolute atomic E-state index is 0.0225. The lowest BCUT2D eigenvalue weighted by atomic mass is 10.0. The first-order valence-corrected chi connectivity index (χ1v) is 10.2. The van der Waals surface area contributed by atoms with Crippen molar-refractivity contribution in [1.29, 1.82) is 0 Å². The zero-order valence-corrected chi connectivity index (χ0v) is 16.3. The van der Waals surface area contributed by atoms with Crippen molar-refractivity contribution in [1.82, 2.24) is 9.97 Å². The lowest BCUT2D eigenvalue weighted by Crippen LogP contribution is -2.38. The summed E-state index contributed by atoms with van der Waals surface area (Å²) in [5.41, 5.74) is 2.09. The monoisotopic (exact) mass is 370 g/mol. The van der Waals surface area contributed by atoms with Crippen LogP contribution in [-0.4, -0.2) is 34.2 Å². The molecule has 1 aliphatic rings. The van der Waals surface area contributed by atoms with Gasteiger partial charge in [0, 0.05) is 24.3 Å². The minimum Gasteiger partial charge on any atom is -0.354 e. The van der Waals surface area contributed by atoms with E-state index in [2.05, 4.69) is 34.0 Å². The molecule has 1 fully saturated rings. The molecule has 138 valence electrons. The van der Waals surface area contributed by atoms with Gasteiger partial charge in [-0.1, -0.05) is 30.8 Å². The van der Waals surface area contributed by atoms with E-state index in [9.17, 15) is 4.79 Å². The summed E-state index contributed by atoms with van der Waals surface area (Å²) >= 11 is 1.45. The van der Waals surface area contributed by atoms with Gasteiger partial charge in [-0.2, -0.15) is 0 Å². The second kappa shape index (κ2) is 9.03. The smallest absolute Gasteiger partial charge is 0.234 e. The number of anilines is 2. The lowest BCUT2D eigenvalue weighted by molar-refractivity contribution is -0.113. The van der Waals surface area contributed by atoms with E-state index in [0.717, 1.165) is 29.5 Å². The standard InChI is InChI=1S/C20H26N4OS/c1-3-16-7-9-17(10-8-16)23-19(25)13-26-20-12-18(21-14-22-20)24-11-5-4-6-15(24)2/h7-10,12,14-15H,3-6,11,13H2,1-2H3,(H,23,25)/t15-/m0/s1. The molecular formula is C20H26N4OS. The summed E-state index contributed by atoms with van der Waals surface area (Å²) in [4.78, 5) is 23.3. The van der Waals surface area contributed by atoms with Gasteiger partial charge in [-0.15, -0.1) is 0 Å². The molecule has 0 aliphatic carbocycles. The van der Waals surface area contributed by atoms with Gasteiger partial charge in [0.05, 0.1) is 5.75 Å². The van der Waals surface area contributed by atoms with Gasteiger partial charge in [-0.3, -0.25) is 4.79 Å². The molecule has 0 unspecified atom stereocenters. The Balaban J connectivity index is 1.55. The van der Waals surface area contributed by atoms with Crippen molar-refractivity contribution in [2.45, 2.75) is 50.6 Å². The van der Waals surface area contributed by atoms with Crippen LogP contribution in [-0.2, 0) is 11.2 Å². The van der Waals surface area contributed by atoms with Crippen LogP contribution < -0.4 is 10.2 Å². The Morgan fingerprint density at radius 1 is 1.27 bits per heavy atom. The largest absolute Gasteiger partial charge is 0.354 e. The van der Waals surface area contributed by atoms with Crippen molar-refractivity contribution in [3.8, 4) is 0 Å². The van der Waals surface area contributed by atoms with Crippen LogP contribution in [0.3, 0.4) is 0 Å². The molecule has 26 heavy (non-hydrogen) atoms. The highest BCUT2D eigenvalue weighted by Gasteiger charge is 2.20. The highest BCUT2D eigenvalue weighted by atomic mass is 32.2. The van der Waals surface area contributed by atoms with Crippen LogP contribution in [0, 0.1) is 0 Å². The van der Waals surface area contributed by atoms with Crippen LogP contribution in [0.25, 0.3) is 0 Å². The van der Waals surface area contributed by atoms with Gasteiger partial charge in [0.1, 0.15) is 17.2 Å². The average molecular weight is 371 g/mol. The molecule has 0 spiro atoms. The molecule has 1 atom stereocenters. The predicted molar refractivity (Wildman–Crippen MR) is 108 cm³/mol. The number of amides is 1. The van der Waals surface area contributed by atoms with Gasteiger partial charge in [-0.05, 0) is 50.3 Å². The van der Waals surface area contributed by atoms with E-state index < -0.39 is 0 Å². The van der Waals surface area contributed by atoms with Crippen molar-refractivity contribution in [3.05, 3.63) is 42.2 Å². The Morgan fingerprint density at radius 2 is 2.08 bits per heavy atom. The number of nitrogens with one attached hydrogen (secondary N) is 1. The van der Waals surface area contributed by atoms with Crippen LogP contribution in [0.15, 0.2) is 41.7 Å². The first-order valence-electron chi connectivity index (χ1n) is 9.26. The van der Waals surface area contributed by atoms with Gasteiger partial charge in [0.25, 0.3) is 0 Å². The molecule has 3 rings (SSSR count). The summed E-state index contributed by atoms with van der Waals surface area (Å²) < 4.78 is 0. The third-order valence-electron chi connectivity index (χ3n) is 4.72. The number of carbonyl (C=O) groups excluding carboxylic acids is 1. The number of carbonyl (C=O) groups is 1. The van der Waals surface area contributed by atoms with Gasteiger partial charge in [0.15, 0.2) is 0 Å². The molecule has 1 saturated heterocycles. The topological polar surface area (TPSA) is 58.1 Å². The number of hydrogen-bond acceptors (Lipinski definition) is 5. The highest BCUT2D eigenvalue weighted by molar-refractivity contribution is 7.99. The number of benzene rings is 1. The van der Waals surface area contributed by atoms with Gasteiger partial charge >= 0.3 is 0 Å². The van der Waals surface area contributed by atoms with Crippen LogP contribution in [0.2, 0.25) is 0 Å². The Morgan fingerprint density at radius 3 is 2.81 bits per heavy atom. The second-order valence-corrected chi connectivity index (χ2v) is 7.64. The molecule has 0 radical (unpaired) electrons. The van der Waals surface area contributed by atoms with E-state index in [0.29, 0.717) is 11.8 Å². The number of thioether (sulfide) groups is 1. The van der Waals surface area contributed by atoms with E-state index in [1.807, 2.05) is 30.3 Å². The fraction of sp³-hybridized carbons (Fsp3) is 0.450. The average Bonchev–Trinajstić information content (AvgIpc) is 2.67. The summed E-state index contributed by atoms with van der Waals surface area (Å²) in [5.74, 6) is 1.28. The molecule has 6 heteroatoms. The molecule has 1 aromatic carbocycles. The summed E-state index contributed by atoms with van der Waals surface area (Å²) in [6.07, 6.45) is 6.28. The van der Waals surface area contributed by atoms with Crippen LogP contribution in [0.4, 0.5) is 11.5 Å². The number of nitrogens with zero attached hydrogens (tertiary/aromatic N) is 3. The molecule has 5 nitrogen and oxygen atoms in total. The third-order valence-corrected chi connectivity index (χ3v) is 5.65. The molecule has 2 aromatic rings. The second-order valence-electron chi connectivity index (χ2n) is 6.64. The molecule has 1 aliphatic heterocycles. The molecule has 1 amide bonds. The van der Waals surface area contributed by atoms with Crippen molar-refractivity contribution >= 4 is 29.2 Å². The quantitative estimate of drug-likeness (QED) is 0.611. The molecule has 0 bridgehead atoms. The van der Waals surface area contributed by atoms with Crippen LogP contribution in [0.5, 0.6) is 0 Å². The third kappa shape index (κ3) is 4.97. The van der Waals surface area contributed by atoms with Crippen LogP contribution in [0.1, 0.15) is 38.7 Å². The van der Waals surface area contributed by atoms with Crippen molar-refractivity contribution in [2.75, 3.05) is 22.5 Å². The fourth-order valence-corrected chi connectivity index (χ4v) is 3.83. The summed E-state index contributed by atoms with van der Waals surface area (Å²) in [6, 6.07) is 10.5. The van der Waals surface area contributed by atoms with E-state index >= 15 is 0 Å². The molecule has 1 aromatic heterocycles. The molecule has 2 heterocycles. The van der Waals surface area contributed by atoms with Crippen LogP contribution >= 0.6 is 11.8 Å². The maximum atomic E-state index is 12.2. The fourth-order valence-electron chi connectivity index (χ4n) is 3.16. The van der Waals surface area contributed by atoms with Gasteiger partial charge < -0.3 is 10.2 Å². The number of piperidine rings is 1. The number of rotatable bonds is 6. The van der Waals surface area contributed by atoms with Crippen molar-refractivity contribution < 1.29 is 4.79 Å². The van der Waals surface area contributed by atoms with Crippen molar-refractivity contribution in [3.63, 3.8) is 0 Å². The van der Waals surface area contributed by atoms with Gasteiger partial charge in [0.2, 0.25) is 5.91 Å².